The monoisotopic (exact) mass is 189 g/mol. The second-order valence-corrected chi connectivity index (χ2v) is 3.15. The molecule has 0 unspecified atom stereocenters. The van der Waals surface area contributed by atoms with Crippen LogP contribution in [0.2, 0.25) is 0 Å². The highest BCUT2D eigenvalue weighted by Gasteiger charge is 1.99. The highest BCUT2D eigenvalue weighted by atomic mass is 15.1. The third-order valence-electron chi connectivity index (χ3n) is 1.79. The standard InChI is InChI=1S/C11H15N3/c1-3-4-8-14(2)9-10-6-5-7-11(12)13-10/h5-7H,8-9H2,1-2H3,(H2,12,13). The van der Waals surface area contributed by atoms with Crippen LogP contribution in [0.15, 0.2) is 18.2 Å². The van der Waals surface area contributed by atoms with Crippen LogP contribution in [-0.2, 0) is 6.54 Å². The van der Waals surface area contributed by atoms with Crippen molar-refractivity contribution in [3.05, 3.63) is 23.9 Å². The van der Waals surface area contributed by atoms with E-state index in [4.69, 9.17) is 5.73 Å². The highest BCUT2D eigenvalue weighted by molar-refractivity contribution is 5.28. The third-order valence-corrected chi connectivity index (χ3v) is 1.79. The van der Waals surface area contributed by atoms with Gasteiger partial charge in [0.2, 0.25) is 0 Å². The van der Waals surface area contributed by atoms with Gasteiger partial charge in [0, 0.05) is 6.54 Å². The van der Waals surface area contributed by atoms with Crippen LogP contribution in [-0.4, -0.2) is 23.5 Å². The molecule has 0 aromatic carbocycles. The number of aromatic nitrogens is 1. The Labute approximate surface area is 84.9 Å². The van der Waals surface area contributed by atoms with Crippen LogP contribution < -0.4 is 5.73 Å². The summed E-state index contributed by atoms with van der Waals surface area (Å²) in [6, 6.07) is 5.67. The zero-order valence-corrected chi connectivity index (χ0v) is 8.62. The summed E-state index contributed by atoms with van der Waals surface area (Å²) in [5.41, 5.74) is 6.55. The van der Waals surface area contributed by atoms with Gasteiger partial charge in [-0.2, -0.15) is 0 Å². The van der Waals surface area contributed by atoms with Gasteiger partial charge in [0.1, 0.15) is 5.82 Å². The van der Waals surface area contributed by atoms with Gasteiger partial charge in [-0.15, -0.1) is 5.92 Å². The van der Waals surface area contributed by atoms with Crippen molar-refractivity contribution in [2.45, 2.75) is 13.5 Å². The number of nitrogens with two attached hydrogens (primary N) is 1. The molecule has 0 fully saturated rings. The Kier molecular flexibility index (Phi) is 3.96. The highest BCUT2D eigenvalue weighted by Crippen LogP contribution is 2.02. The Hall–Kier alpha value is -1.53. The molecule has 14 heavy (non-hydrogen) atoms. The fourth-order valence-corrected chi connectivity index (χ4v) is 1.13. The van der Waals surface area contributed by atoms with Crippen molar-refractivity contribution >= 4 is 5.82 Å². The lowest BCUT2D eigenvalue weighted by Crippen LogP contribution is -2.18. The Morgan fingerprint density at radius 1 is 1.50 bits per heavy atom. The maximum atomic E-state index is 5.58. The molecule has 0 radical (unpaired) electrons. The first-order chi connectivity index (χ1) is 6.72. The summed E-state index contributed by atoms with van der Waals surface area (Å²) >= 11 is 0. The molecule has 0 saturated heterocycles. The van der Waals surface area contributed by atoms with E-state index in [1.165, 1.54) is 0 Å². The van der Waals surface area contributed by atoms with Gasteiger partial charge in [0.15, 0.2) is 0 Å². The second-order valence-electron chi connectivity index (χ2n) is 3.15. The first-order valence-corrected chi connectivity index (χ1v) is 4.52. The van der Waals surface area contributed by atoms with Crippen molar-refractivity contribution < 1.29 is 0 Å². The van der Waals surface area contributed by atoms with Crippen molar-refractivity contribution in [1.82, 2.24) is 9.88 Å². The van der Waals surface area contributed by atoms with Gasteiger partial charge < -0.3 is 5.73 Å². The number of nitrogens with zero attached hydrogens (tertiary/aromatic N) is 2. The van der Waals surface area contributed by atoms with E-state index >= 15 is 0 Å². The summed E-state index contributed by atoms with van der Waals surface area (Å²) in [5, 5.41) is 0. The topological polar surface area (TPSA) is 42.1 Å². The molecule has 0 aliphatic heterocycles. The summed E-state index contributed by atoms with van der Waals surface area (Å²) in [7, 11) is 2.01. The fourth-order valence-electron chi connectivity index (χ4n) is 1.13. The summed E-state index contributed by atoms with van der Waals surface area (Å²) < 4.78 is 0. The number of nitrogen functional groups attached to an aromatic ring is 1. The van der Waals surface area contributed by atoms with E-state index in [-0.39, 0.29) is 0 Å². The molecule has 0 aliphatic rings. The van der Waals surface area contributed by atoms with Gasteiger partial charge in [0.25, 0.3) is 0 Å². The van der Waals surface area contributed by atoms with E-state index in [2.05, 4.69) is 21.7 Å². The minimum atomic E-state index is 0.567. The molecule has 0 amide bonds. The van der Waals surface area contributed by atoms with Crippen LogP contribution >= 0.6 is 0 Å². The molecule has 1 rings (SSSR count). The van der Waals surface area contributed by atoms with Crippen molar-refractivity contribution in [1.29, 1.82) is 0 Å². The van der Waals surface area contributed by atoms with Gasteiger partial charge >= 0.3 is 0 Å². The molecule has 0 saturated carbocycles. The van der Waals surface area contributed by atoms with Crippen molar-refractivity contribution in [2.75, 3.05) is 19.3 Å². The number of rotatable bonds is 3. The summed E-state index contributed by atoms with van der Waals surface area (Å²) in [4.78, 5) is 6.30. The first kappa shape index (κ1) is 10.6. The Morgan fingerprint density at radius 3 is 2.93 bits per heavy atom. The SMILES string of the molecule is CC#CCN(C)Cc1cccc(N)n1. The molecule has 1 aromatic rings. The van der Waals surface area contributed by atoms with Crippen LogP contribution in [0.5, 0.6) is 0 Å². The molecule has 1 aromatic heterocycles. The van der Waals surface area contributed by atoms with Crippen LogP contribution in [0.1, 0.15) is 12.6 Å². The molecule has 0 atom stereocenters. The van der Waals surface area contributed by atoms with E-state index in [0.717, 1.165) is 18.8 Å². The zero-order valence-electron chi connectivity index (χ0n) is 8.62. The Balaban J connectivity index is 2.54. The Bertz CT molecular complexity index is 349. The second kappa shape index (κ2) is 5.25. The smallest absolute Gasteiger partial charge is 0.123 e. The fraction of sp³-hybridized carbons (Fsp3) is 0.364. The summed E-state index contributed by atoms with van der Waals surface area (Å²) in [6.45, 7) is 3.37. The van der Waals surface area contributed by atoms with E-state index in [1.54, 1.807) is 6.07 Å². The molecule has 3 nitrogen and oxygen atoms in total. The molecule has 3 heteroatoms. The molecule has 0 aliphatic carbocycles. The van der Waals surface area contributed by atoms with Gasteiger partial charge in [-0.05, 0) is 26.1 Å². The third kappa shape index (κ3) is 3.46. The quantitative estimate of drug-likeness (QED) is 0.724. The maximum absolute atomic E-state index is 5.58. The van der Waals surface area contributed by atoms with Crippen LogP contribution in [0, 0.1) is 11.8 Å². The van der Waals surface area contributed by atoms with E-state index in [0.29, 0.717) is 5.82 Å². The molecule has 2 N–H and O–H groups in total. The maximum Gasteiger partial charge on any atom is 0.123 e. The number of hydrogen-bond acceptors (Lipinski definition) is 3. The van der Waals surface area contributed by atoms with E-state index in [1.807, 2.05) is 26.1 Å². The number of pyridine rings is 1. The summed E-state index contributed by atoms with van der Waals surface area (Å²) in [5.74, 6) is 6.43. The largest absolute Gasteiger partial charge is 0.384 e. The average Bonchev–Trinajstić information content (AvgIpc) is 2.15. The first-order valence-electron chi connectivity index (χ1n) is 4.52. The normalized spacial score (nSPS) is 9.64. The van der Waals surface area contributed by atoms with Crippen LogP contribution in [0.3, 0.4) is 0 Å². The number of hydrogen-bond donors (Lipinski definition) is 1. The van der Waals surface area contributed by atoms with Crippen molar-refractivity contribution in [3.8, 4) is 11.8 Å². The van der Waals surface area contributed by atoms with Crippen LogP contribution in [0.4, 0.5) is 5.82 Å². The lowest BCUT2D eigenvalue weighted by Gasteiger charge is -2.12. The minimum absolute atomic E-state index is 0.567. The number of anilines is 1. The Morgan fingerprint density at radius 2 is 2.29 bits per heavy atom. The minimum Gasteiger partial charge on any atom is -0.384 e. The van der Waals surface area contributed by atoms with Gasteiger partial charge in [-0.25, -0.2) is 4.98 Å². The predicted octanol–water partition coefficient (Wildman–Crippen LogP) is 1.12. The zero-order chi connectivity index (χ0) is 10.4. The van der Waals surface area contributed by atoms with Gasteiger partial charge in [0.05, 0.1) is 12.2 Å². The van der Waals surface area contributed by atoms with Crippen molar-refractivity contribution in [2.24, 2.45) is 0 Å². The predicted molar refractivity (Wildman–Crippen MR) is 58.4 cm³/mol. The molecule has 0 spiro atoms. The van der Waals surface area contributed by atoms with E-state index in [9.17, 15) is 0 Å². The lowest BCUT2D eigenvalue weighted by molar-refractivity contribution is 0.364. The van der Waals surface area contributed by atoms with Gasteiger partial charge in [-0.3, -0.25) is 4.90 Å². The van der Waals surface area contributed by atoms with Gasteiger partial charge in [-0.1, -0.05) is 12.0 Å². The van der Waals surface area contributed by atoms with E-state index < -0.39 is 0 Å². The van der Waals surface area contributed by atoms with Crippen LogP contribution in [0.25, 0.3) is 0 Å². The average molecular weight is 189 g/mol. The molecule has 1 heterocycles. The van der Waals surface area contributed by atoms with Crippen molar-refractivity contribution in [3.63, 3.8) is 0 Å². The molecule has 0 bridgehead atoms. The lowest BCUT2D eigenvalue weighted by atomic mass is 10.3. The molecular weight excluding hydrogens is 174 g/mol. The summed E-state index contributed by atoms with van der Waals surface area (Å²) in [6.07, 6.45) is 0. The molecule has 74 valence electrons. The molecular formula is C11H15N3.